The van der Waals surface area contributed by atoms with Gasteiger partial charge in [0.25, 0.3) is 5.56 Å². The van der Waals surface area contributed by atoms with E-state index in [9.17, 15) is 4.79 Å². The zero-order valence-corrected chi connectivity index (χ0v) is 8.08. The summed E-state index contributed by atoms with van der Waals surface area (Å²) < 4.78 is 3.79. The summed E-state index contributed by atoms with van der Waals surface area (Å²) in [6, 6.07) is 0.316. The van der Waals surface area contributed by atoms with Crippen LogP contribution in [-0.4, -0.2) is 15.4 Å². The standard InChI is InChI=1S/C9H15N3O/c1-7(2)10-8-6-11-4-3-5-12(11)9(8)13/h6-7,10H,3-5H2,1-2H3. The van der Waals surface area contributed by atoms with E-state index in [0.717, 1.165) is 25.2 Å². The Morgan fingerprint density at radius 1 is 1.46 bits per heavy atom. The molecule has 0 unspecified atom stereocenters. The van der Waals surface area contributed by atoms with E-state index in [-0.39, 0.29) is 5.56 Å². The van der Waals surface area contributed by atoms with Crippen molar-refractivity contribution < 1.29 is 0 Å². The van der Waals surface area contributed by atoms with Crippen LogP contribution < -0.4 is 10.9 Å². The van der Waals surface area contributed by atoms with E-state index in [1.165, 1.54) is 0 Å². The van der Waals surface area contributed by atoms with Crippen molar-refractivity contribution in [2.45, 2.75) is 39.4 Å². The molecule has 2 heterocycles. The van der Waals surface area contributed by atoms with Gasteiger partial charge in [0.15, 0.2) is 0 Å². The van der Waals surface area contributed by atoms with E-state index in [4.69, 9.17) is 0 Å². The lowest BCUT2D eigenvalue weighted by Crippen LogP contribution is -2.21. The maximum Gasteiger partial charge on any atom is 0.290 e. The van der Waals surface area contributed by atoms with Gasteiger partial charge in [-0.3, -0.25) is 9.48 Å². The van der Waals surface area contributed by atoms with Crippen molar-refractivity contribution in [2.75, 3.05) is 5.32 Å². The highest BCUT2D eigenvalue weighted by molar-refractivity contribution is 5.39. The van der Waals surface area contributed by atoms with Gasteiger partial charge in [-0.1, -0.05) is 0 Å². The number of aromatic nitrogens is 2. The number of rotatable bonds is 2. The lowest BCUT2D eigenvalue weighted by molar-refractivity contribution is 0.594. The molecule has 1 aromatic rings. The Balaban J connectivity index is 2.34. The van der Waals surface area contributed by atoms with E-state index in [0.29, 0.717) is 6.04 Å². The first-order valence-electron chi connectivity index (χ1n) is 4.75. The molecule has 1 aliphatic heterocycles. The van der Waals surface area contributed by atoms with Crippen molar-refractivity contribution in [3.63, 3.8) is 0 Å². The predicted octanol–water partition coefficient (Wildman–Crippen LogP) is 0.874. The zero-order chi connectivity index (χ0) is 9.42. The monoisotopic (exact) mass is 181 g/mol. The number of hydrogen-bond acceptors (Lipinski definition) is 2. The molecule has 1 aromatic heterocycles. The van der Waals surface area contributed by atoms with Crippen molar-refractivity contribution in [3.8, 4) is 0 Å². The number of nitrogens with one attached hydrogen (secondary N) is 1. The minimum atomic E-state index is 0.117. The molecule has 0 bridgehead atoms. The third-order valence-electron chi connectivity index (χ3n) is 2.25. The van der Waals surface area contributed by atoms with Gasteiger partial charge in [-0.2, -0.15) is 0 Å². The zero-order valence-electron chi connectivity index (χ0n) is 8.08. The van der Waals surface area contributed by atoms with Gasteiger partial charge in [-0.25, -0.2) is 4.68 Å². The van der Waals surface area contributed by atoms with E-state index in [1.54, 1.807) is 4.68 Å². The first-order chi connectivity index (χ1) is 6.18. The van der Waals surface area contributed by atoms with Crippen LogP contribution in [0, 0.1) is 0 Å². The number of hydrogen-bond donors (Lipinski definition) is 1. The summed E-state index contributed by atoms with van der Waals surface area (Å²) in [6.07, 6.45) is 2.99. The average molecular weight is 181 g/mol. The fourth-order valence-electron chi connectivity index (χ4n) is 1.74. The maximum absolute atomic E-state index is 11.7. The van der Waals surface area contributed by atoms with Gasteiger partial charge < -0.3 is 5.32 Å². The highest BCUT2D eigenvalue weighted by atomic mass is 16.1. The van der Waals surface area contributed by atoms with Gasteiger partial charge in [0.05, 0.1) is 6.20 Å². The quantitative estimate of drug-likeness (QED) is 0.735. The smallest absolute Gasteiger partial charge is 0.290 e. The van der Waals surface area contributed by atoms with Crippen LogP contribution in [0.3, 0.4) is 0 Å². The second kappa shape index (κ2) is 2.94. The fraction of sp³-hybridized carbons (Fsp3) is 0.667. The second-order valence-electron chi connectivity index (χ2n) is 3.79. The molecule has 4 nitrogen and oxygen atoms in total. The molecule has 2 rings (SSSR count). The van der Waals surface area contributed by atoms with Crippen molar-refractivity contribution in [3.05, 3.63) is 16.6 Å². The third-order valence-corrected chi connectivity index (χ3v) is 2.25. The summed E-state index contributed by atoms with van der Waals surface area (Å²) >= 11 is 0. The van der Waals surface area contributed by atoms with Crippen LogP contribution in [0.2, 0.25) is 0 Å². The van der Waals surface area contributed by atoms with Crippen molar-refractivity contribution in [1.29, 1.82) is 0 Å². The highest BCUT2D eigenvalue weighted by Crippen LogP contribution is 2.09. The molecule has 4 heteroatoms. The van der Waals surface area contributed by atoms with E-state index in [2.05, 4.69) is 5.32 Å². The Labute approximate surface area is 77.1 Å². The summed E-state index contributed by atoms with van der Waals surface area (Å²) in [5.74, 6) is 0. The molecule has 0 saturated heterocycles. The molecule has 1 N–H and O–H groups in total. The lowest BCUT2D eigenvalue weighted by Gasteiger charge is -2.04. The van der Waals surface area contributed by atoms with Gasteiger partial charge in [-0.15, -0.1) is 0 Å². The SMILES string of the molecule is CC(C)Nc1cn2n(c1=O)CCC2. The molecule has 0 radical (unpaired) electrons. The topological polar surface area (TPSA) is 39.0 Å². The third kappa shape index (κ3) is 1.36. The number of nitrogens with zero attached hydrogens (tertiary/aromatic N) is 2. The van der Waals surface area contributed by atoms with E-state index < -0.39 is 0 Å². The van der Waals surface area contributed by atoms with Gasteiger partial charge >= 0.3 is 0 Å². The minimum Gasteiger partial charge on any atom is -0.377 e. The predicted molar refractivity (Wildman–Crippen MR) is 52.1 cm³/mol. The molecule has 0 aliphatic carbocycles. The Kier molecular flexibility index (Phi) is 1.90. The first kappa shape index (κ1) is 8.41. The molecule has 72 valence electrons. The average Bonchev–Trinajstić information content (AvgIpc) is 2.56. The summed E-state index contributed by atoms with van der Waals surface area (Å²) in [5, 5.41) is 3.15. The van der Waals surface area contributed by atoms with Crippen molar-refractivity contribution in [2.24, 2.45) is 0 Å². The Hall–Kier alpha value is -1.19. The van der Waals surface area contributed by atoms with Crippen molar-refractivity contribution in [1.82, 2.24) is 9.36 Å². The van der Waals surface area contributed by atoms with Crippen molar-refractivity contribution >= 4 is 5.69 Å². The first-order valence-corrected chi connectivity index (χ1v) is 4.75. The normalized spacial score (nSPS) is 15.0. The van der Waals surface area contributed by atoms with Crippen LogP contribution in [0.1, 0.15) is 20.3 Å². The number of aryl methyl sites for hydroxylation is 1. The maximum atomic E-state index is 11.7. The molecule has 0 aromatic carbocycles. The van der Waals surface area contributed by atoms with Gasteiger partial charge in [-0.05, 0) is 20.3 Å². The molecule has 0 fully saturated rings. The highest BCUT2D eigenvalue weighted by Gasteiger charge is 2.15. The second-order valence-corrected chi connectivity index (χ2v) is 3.79. The fourth-order valence-corrected chi connectivity index (χ4v) is 1.74. The number of fused-ring (bicyclic) bond motifs is 1. The number of anilines is 1. The molecule has 13 heavy (non-hydrogen) atoms. The molecule has 0 atom stereocenters. The van der Waals surface area contributed by atoms with Gasteiger partial charge in [0.2, 0.25) is 0 Å². The van der Waals surface area contributed by atoms with Crippen LogP contribution in [0.25, 0.3) is 0 Å². The molecule has 0 saturated carbocycles. The largest absolute Gasteiger partial charge is 0.377 e. The van der Waals surface area contributed by atoms with Crippen LogP contribution in [0.5, 0.6) is 0 Å². The molecular weight excluding hydrogens is 166 g/mol. The Morgan fingerprint density at radius 2 is 2.23 bits per heavy atom. The Bertz CT molecular complexity index is 361. The molecule has 1 aliphatic rings. The van der Waals surface area contributed by atoms with Crippen LogP contribution in [0.15, 0.2) is 11.0 Å². The van der Waals surface area contributed by atoms with Gasteiger partial charge in [0, 0.05) is 19.1 Å². The molecule has 0 amide bonds. The molecular formula is C9H15N3O. The van der Waals surface area contributed by atoms with E-state index >= 15 is 0 Å². The van der Waals surface area contributed by atoms with Crippen LogP contribution in [-0.2, 0) is 13.1 Å². The van der Waals surface area contributed by atoms with Crippen LogP contribution in [0.4, 0.5) is 5.69 Å². The summed E-state index contributed by atoms with van der Waals surface area (Å²) in [6.45, 7) is 5.90. The van der Waals surface area contributed by atoms with Gasteiger partial charge in [0.1, 0.15) is 5.69 Å². The minimum absolute atomic E-state index is 0.117. The molecule has 0 spiro atoms. The van der Waals surface area contributed by atoms with E-state index in [1.807, 2.05) is 24.7 Å². The Morgan fingerprint density at radius 3 is 2.85 bits per heavy atom. The summed E-state index contributed by atoms with van der Waals surface area (Å²) in [4.78, 5) is 11.7. The summed E-state index contributed by atoms with van der Waals surface area (Å²) in [5.41, 5.74) is 0.848. The summed E-state index contributed by atoms with van der Waals surface area (Å²) in [7, 11) is 0. The van der Waals surface area contributed by atoms with Crippen LogP contribution >= 0.6 is 0 Å². The lowest BCUT2D eigenvalue weighted by atomic mass is 10.3.